The second-order valence-electron chi connectivity index (χ2n) is 5.21. The third kappa shape index (κ3) is 2.57. The maximum Gasteiger partial charge on any atom is 0.259 e. The Bertz CT molecular complexity index is 967. The van der Waals surface area contributed by atoms with E-state index in [1.54, 1.807) is 25.3 Å². The molecule has 0 aliphatic heterocycles. The Kier molecular flexibility index (Phi) is 3.61. The SMILES string of the molecule is Cc1cc(-c2ccsc2C(N)=O)n(-c2nc(C)c(C)c(=O)[nH]2)n1. The van der Waals surface area contributed by atoms with Crippen LogP contribution in [0.1, 0.15) is 26.6 Å². The third-order valence-corrected chi connectivity index (χ3v) is 4.51. The number of carbonyl (C=O) groups excluding carboxylic acids is 1. The average molecular weight is 329 g/mol. The van der Waals surface area contributed by atoms with Gasteiger partial charge in [-0.3, -0.25) is 14.6 Å². The first-order valence-electron chi connectivity index (χ1n) is 6.90. The first-order valence-corrected chi connectivity index (χ1v) is 7.78. The van der Waals surface area contributed by atoms with Crippen LogP contribution in [-0.4, -0.2) is 25.7 Å². The highest BCUT2D eigenvalue weighted by molar-refractivity contribution is 7.12. The van der Waals surface area contributed by atoms with Crippen molar-refractivity contribution in [1.29, 1.82) is 0 Å². The maximum absolute atomic E-state index is 12.0. The van der Waals surface area contributed by atoms with Crippen LogP contribution in [0.3, 0.4) is 0 Å². The molecule has 118 valence electrons. The molecule has 3 aromatic heterocycles. The molecule has 0 saturated heterocycles. The number of rotatable bonds is 3. The number of aromatic nitrogens is 4. The van der Waals surface area contributed by atoms with E-state index in [-0.39, 0.29) is 5.56 Å². The summed E-state index contributed by atoms with van der Waals surface area (Å²) in [7, 11) is 0. The lowest BCUT2D eigenvalue weighted by Gasteiger charge is -2.08. The van der Waals surface area contributed by atoms with Gasteiger partial charge >= 0.3 is 0 Å². The van der Waals surface area contributed by atoms with Gasteiger partial charge in [-0.2, -0.15) is 9.78 Å². The van der Waals surface area contributed by atoms with Crippen molar-refractivity contribution in [2.75, 3.05) is 0 Å². The number of amides is 1. The Morgan fingerprint density at radius 2 is 2.09 bits per heavy atom. The molecule has 0 aliphatic rings. The van der Waals surface area contributed by atoms with Gasteiger partial charge in [0.15, 0.2) is 0 Å². The molecule has 0 atom stereocenters. The number of aromatic amines is 1. The summed E-state index contributed by atoms with van der Waals surface area (Å²) >= 11 is 1.27. The summed E-state index contributed by atoms with van der Waals surface area (Å²) in [6.07, 6.45) is 0. The predicted octanol–water partition coefficient (Wildman–Crippen LogP) is 1.71. The van der Waals surface area contributed by atoms with Crippen LogP contribution < -0.4 is 11.3 Å². The summed E-state index contributed by atoms with van der Waals surface area (Å²) in [5.41, 5.74) is 8.47. The molecule has 8 heteroatoms. The van der Waals surface area contributed by atoms with Crippen LogP contribution in [0.5, 0.6) is 0 Å². The van der Waals surface area contributed by atoms with Crippen molar-refractivity contribution in [1.82, 2.24) is 19.7 Å². The van der Waals surface area contributed by atoms with Crippen molar-refractivity contribution < 1.29 is 4.79 Å². The number of thiophene rings is 1. The lowest BCUT2D eigenvalue weighted by Crippen LogP contribution is -2.18. The summed E-state index contributed by atoms with van der Waals surface area (Å²) in [6.45, 7) is 5.31. The minimum absolute atomic E-state index is 0.216. The molecule has 3 rings (SSSR count). The van der Waals surface area contributed by atoms with Crippen LogP contribution in [0.25, 0.3) is 17.2 Å². The van der Waals surface area contributed by atoms with Crippen molar-refractivity contribution in [2.45, 2.75) is 20.8 Å². The van der Waals surface area contributed by atoms with Crippen LogP contribution >= 0.6 is 11.3 Å². The first kappa shape index (κ1) is 15.2. The molecule has 0 bridgehead atoms. The summed E-state index contributed by atoms with van der Waals surface area (Å²) in [6, 6.07) is 3.63. The number of aryl methyl sites for hydroxylation is 2. The first-order chi connectivity index (χ1) is 10.9. The molecule has 0 unspecified atom stereocenters. The van der Waals surface area contributed by atoms with E-state index in [0.717, 1.165) is 5.69 Å². The molecule has 0 spiro atoms. The predicted molar refractivity (Wildman–Crippen MR) is 88.0 cm³/mol. The van der Waals surface area contributed by atoms with E-state index in [4.69, 9.17) is 5.73 Å². The maximum atomic E-state index is 12.0. The van der Waals surface area contributed by atoms with Crippen LogP contribution in [0.4, 0.5) is 0 Å². The van der Waals surface area contributed by atoms with E-state index in [0.29, 0.717) is 33.3 Å². The highest BCUT2D eigenvalue weighted by Gasteiger charge is 2.19. The minimum atomic E-state index is -0.498. The highest BCUT2D eigenvalue weighted by atomic mass is 32.1. The fourth-order valence-electron chi connectivity index (χ4n) is 2.29. The normalized spacial score (nSPS) is 10.9. The van der Waals surface area contributed by atoms with Gasteiger partial charge in [0.05, 0.1) is 11.4 Å². The molecule has 1 amide bonds. The van der Waals surface area contributed by atoms with Gasteiger partial charge in [0.1, 0.15) is 4.88 Å². The molecule has 0 aliphatic carbocycles. The molecule has 0 saturated carbocycles. The van der Waals surface area contributed by atoms with Crippen LogP contribution in [0.2, 0.25) is 0 Å². The van der Waals surface area contributed by atoms with E-state index >= 15 is 0 Å². The van der Waals surface area contributed by atoms with E-state index in [2.05, 4.69) is 15.1 Å². The van der Waals surface area contributed by atoms with Crippen molar-refractivity contribution in [3.8, 4) is 17.2 Å². The quantitative estimate of drug-likeness (QED) is 0.762. The fourth-order valence-corrected chi connectivity index (χ4v) is 3.04. The van der Waals surface area contributed by atoms with Gasteiger partial charge < -0.3 is 5.73 Å². The van der Waals surface area contributed by atoms with Gasteiger partial charge in [0.25, 0.3) is 11.5 Å². The van der Waals surface area contributed by atoms with E-state index in [1.165, 1.54) is 16.0 Å². The molecule has 3 heterocycles. The highest BCUT2D eigenvalue weighted by Crippen LogP contribution is 2.29. The summed E-state index contributed by atoms with van der Waals surface area (Å²) in [5, 5.41) is 6.18. The largest absolute Gasteiger partial charge is 0.365 e. The van der Waals surface area contributed by atoms with Crippen molar-refractivity contribution in [3.63, 3.8) is 0 Å². The zero-order chi connectivity index (χ0) is 16.7. The third-order valence-electron chi connectivity index (χ3n) is 3.58. The average Bonchev–Trinajstić information content (AvgIpc) is 3.10. The fraction of sp³-hybridized carbons (Fsp3) is 0.200. The zero-order valence-electron chi connectivity index (χ0n) is 12.9. The second kappa shape index (κ2) is 5.47. The number of H-pyrrole nitrogens is 1. The number of hydrogen-bond donors (Lipinski definition) is 2. The Labute approximate surface area is 135 Å². The molecular formula is C15H15N5O2S. The molecule has 0 radical (unpaired) electrons. The Balaban J connectivity index is 2.25. The molecule has 3 N–H and O–H groups in total. The van der Waals surface area contributed by atoms with E-state index in [9.17, 15) is 9.59 Å². The molecule has 7 nitrogen and oxygen atoms in total. The number of primary amides is 1. The standard InChI is InChI=1S/C15H15N5O2S/c1-7-6-11(10-4-5-23-12(10)13(16)21)20(19-7)15-17-9(3)8(2)14(22)18-15/h4-6H,1-3H3,(H2,16,21)(H,17,18,22). The number of nitrogens with one attached hydrogen (secondary N) is 1. The monoisotopic (exact) mass is 329 g/mol. The molecule has 0 aromatic carbocycles. The van der Waals surface area contributed by atoms with Gasteiger partial charge in [-0.1, -0.05) is 0 Å². The van der Waals surface area contributed by atoms with Crippen LogP contribution in [0.15, 0.2) is 22.3 Å². The Hall–Kier alpha value is -2.74. The Morgan fingerprint density at radius 1 is 1.35 bits per heavy atom. The van der Waals surface area contributed by atoms with E-state index < -0.39 is 5.91 Å². The smallest absolute Gasteiger partial charge is 0.259 e. The number of hydrogen-bond acceptors (Lipinski definition) is 5. The molecular weight excluding hydrogens is 314 g/mol. The topological polar surface area (TPSA) is 107 Å². The molecule has 0 fully saturated rings. The van der Waals surface area contributed by atoms with Crippen LogP contribution in [-0.2, 0) is 0 Å². The summed E-state index contributed by atoms with van der Waals surface area (Å²) < 4.78 is 1.53. The summed E-state index contributed by atoms with van der Waals surface area (Å²) in [4.78, 5) is 31.2. The van der Waals surface area contributed by atoms with Crippen LogP contribution in [0, 0.1) is 20.8 Å². The minimum Gasteiger partial charge on any atom is -0.365 e. The zero-order valence-corrected chi connectivity index (χ0v) is 13.7. The van der Waals surface area contributed by atoms with Gasteiger partial charge in [-0.05, 0) is 38.3 Å². The number of carbonyl (C=O) groups is 1. The Morgan fingerprint density at radius 3 is 2.74 bits per heavy atom. The van der Waals surface area contributed by atoms with E-state index in [1.807, 2.05) is 13.0 Å². The van der Waals surface area contributed by atoms with Crippen molar-refractivity contribution in [3.05, 3.63) is 49.7 Å². The molecule has 23 heavy (non-hydrogen) atoms. The number of nitrogens with zero attached hydrogens (tertiary/aromatic N) is 3. The number of nitrogens with two attached hydrogens (primary N) is 1. The lowest BCUT2D eigenvalue weighted by atomic mass is 10.1. The second-order valence-corrected chi connectivity index (χ2v) is 6.13. The van der Waals surface area contributed by atoms with Gasteiger partial charge in [-0.15, -0.1) is 11.3 Å². The van der Waals surface area contributed by atoms with Gasteiger partial charge in [0, 0.05) is 16.8 Å². The van der Waals surface area contributed by atoms with Crippen molar-refractivity contribution >= 4 is 17.2 Å². The van der Waals surface area contributed by atoms with Gasteiger partial charge in [0.2, 0.25) is 5.95 Å². The van der Waals surface area contributed by atoms with Crippen molar-refractivity contribution in [2.24, 2.45) is 5.73 Å². The van der Waals surface area contributed by atoms with Gasteiger partial charge in [-0.25, -0.2) is 4.98 Å². The molecule has 3 aromatic rings. The lowest BCUT2D eigenvalue weighted by molar-refractivity contribution is 0.100. The summed E-state index contributed by atoms with van der Waals surface area (Å²) in [5.74, 6) is -0.190.